The first kappa shape index (κ1) is 23.3. The molecule has 0 saturated heterocycles. The van der Waals surface area contributed by atoms with E-state index >= 15 is 0 Å². The third kappa shape index (κ3) is 6.83. The van der Waals surface area contributed by atoms with E-state index < -0.39 is 5.91 Å². The third-order valence-corrected chi connectivity index (χ3v) is 4.56. The Labute approximate surface area is 192 Å². The maximum atomic E-state index is 12.2. The number of rotatable bonds is 9. The average Bonchev–Trinajstić information content (AvgIpc) is 2.83. The van der Waals surface area contributed by atoms with Crippen LogP contribution in [0.25, 0.3) is 0 Å². The molecule has 0 spiro atoms. The maximum absolute atomic E-state index is 12.2. The van der Waals surface area contributed by atoms with Crippen LogP contribution >= 0.6 is 0 Å². The molecule has 3 N–H and O–H groups in total. The summed E-state index contributed by atoms with van der Waals surface area (Å²) >= 11 is 0. The number of benzene rings is 3. The normalized spacial score (nSPS) is 10.9. The zero-order valence-electron chi connectivity index (χ0n) is 18.5. The largest absolute Gasteiger partial charge is 0.488 e. The van der Waals surface area contributed by atoms with Crippen LogP contribution in [0, 0.1) is 0 Å². The summed E-state index contributed by atoms with van der Waals surface area (Å²) in [6.45, 7) is 0.0311. The Kier molecular flexibility index (Phi) is 8.02. The van der Waals surface area contributed by atoms with E-state index in [0.29, 0.717) is 29.2 Å². The molecule has 33 heavy (non-hydrogen) atoms. The lowest BCUT2D eigenvalue weighted by atomic mass is 10.2. The fourth-order valence-corrected chi connectivity index (χ4v) is 2.93. The van der Waals surface area contributed by atoms with Crippen molar-refractivity contribution in [2.45, 2.75) is 6.61 Å². The van der Waals surface area contributed by atoms with E-state index in [4.69, 9.17) is 15.3 Å². The minimum absolute atomic E-state index is 0.0880. The van der Waals surface area contributed by atoms with Gasteiger partial charge in [-0.25, -0.2) is 0 Å². The number of carbonyl (C=O) groups excluding carboxylic acids is 2. The second-order valence-corrected chi connectivity index (χ2v) is 7.35. The van der Waals surface area contributed by atoms with E-state index in [1.165, 1.54) is 4.90 Å². The molecule has 0 aromatic heterocycles. The van der Waals surface area contributed by atoms with E-state index in [0.717, 1.165) is 5.56 Å². The molecule has 0 atom stereocenters. The first-order valence-electron chi connectivity index (χ1n) is 10.3. The van der Waals surface area contributed by atoms with E-state index in [1.54, 1.807) is 50.5 Å². The molecule has 170 valence electrons. The minimum Gasteiger partial charge on any atom is -0.488 e. The van der Waals surface area contributed by atoms with Crippen molar-refractivity contribution >= 4 is 23.3 Å². The number of amidine groups is 1. The Balaban J connectivity index is 1.57. The molecular weight excluding hydrogens is 420 g/mol. The van der Waals surface area contributed by atoms with Gasteiger partial charge in [-0.3, -0.25) is 9.59 Å². The number of hydrogen-bond donors (Lipinski definition) is 2. The summed E-state index contributed by atoms with van der Waals surface area (Å²) in [5.74, 6) is 0.0468. The van der Waals surface area contributed by atoms with Crippen LogP contribution in [0.15, 0.2) is 84.0 Å². The summed E-state index contributed by atoms with van der Waals surface area (Å²) in [4.78, 5) is 30.9. The number of carbonyl (C=O) groups is 2. The van der Waals surface area contributed by atoms with Crippen molar-refractivity contribution in [3.05, 3.63) is 95.6 Å². The van der Waals surface area contributed by atoms with Gasteiger partial charge in [0.15, 0.2) is 12.4 Å². The van der Waals surface area contributed by atoms with Crippen LogP contribution in [0.1, 0.15) is 21.5 Å². The van der Waals surface area contributed by atoms with E-state index in [9.17, 15) is 9.59 Å². The van der Waals surface area contributed by atoms with Gasteiger partial charge in [-0.15, -0.1) is 0 Å². The van der Waals surface area contributed by atoms with Crippen LogP contribution in [0.3, 0.4) is 0 Å². The molecule has 0 aliphatic carbocycles. The lowest BCUT2D eigenvalue weighted by molar-refractivity contribution is -0.120. The predicted molar refractivity (Wildman–Crippen MR) is 127 cm³/mol. The van der Waals surface area contributed by atoms with Gasteiger partial charge in [-0.1, -0.05) is 53.7 Å². The molecule has 3 rings (SSSR count). The quantitative estimate of drug-likeness (QED) is 0.298. The first-order chi connectivity index (χ1) is 15.9. The molecule has 0 bridgehead atoms. The number of amides is 2. The average molecular weight is 447 g/mol. The van der Waals surface area contributed by atoms with Gasteiger partial charge in [0.2, 0.25) is 0 Å². The van der Waals surface area contributed by atoms with Gasteiger partial charge in [0, 0.05) is 25.3 Å². The molecule has 0 fully saturated rings. The third-order valence-electron chi connectivity index (χ3n) is 4.56. The predicted octanol–water partition coefficient (Wildman–Crippen LogP) is 3.24. The SMILES string of the molecule is CN(C)C(=O)c1cccc(NC(=O)CO/N=C(/N)c2ccccc2OCc2ccccc2)c1. The van der Waals surface area contributed by atoms with Crippen LogP contribution in [-0.4, -0.2) is 43.3 Å². The zero-order valence-corrected chi connectivity index (χ0v) is 18.5. The first-order valence-corrected chi connectivity index (χ1v) is 10.3. The lowest BCUT2D eigenvalue weighted by Gasteiger charge is -2.12. The summed E-state index contributed by atoms with van der Waals surface area (Å²) in [5, 5.41) is 6.52. The number of oxime groups is 1. The van der Waals surface area contributed by atoms with Gasteiger partial charge in [0.05, 0.1) is 5.56 Å². The summed E-state index contributed by atoms with van der Waals surface area (Å²) < 4.78 is 5.87. The van der Waals surface area contributed by atoms with Crippen LogP contribution < -0.4 is 15.8 Å². The molecule has 0 unspecified atom stereocenters. The molecule has 8 nitrogen and oxygen atoms in total. The van der Waals surface area contributed by atoms with Gasteiger partial charge in [0.1, 0.15) is 12.4 Å². The highest BCUT2D eigenvalue weighted by molar-refractivity contribution is 6.00. The number of nitrogens with one attached hydrogen (secondary N) is 1. The Morgan fingerprint density at radius 2 is 1.70 bits per heavy atom. The molecule has 0 aliphatic rings. The summed E-state index contributed by atoms with van der Waals surface area (Å²) in [7, 11) is 3.32. The molecule has 3 aromatic carbocycles. The lowest BCUT2D eigenvalue weighted by Crippen LogP contribution is -2.22. The van der Waals surface area contributed by atoms with E-state index in [1.807, 2.05) is 42.5 Å². The maximum Gasteiger partial charge on any atom is 0.265 e. The highest BCUT2D eigenvalue weighted by atomic mass is 16.6. The van der Waals surface area contributed by atoms with Gasteiger partial charge in [-0.05, 0) is 35.9 Å². The number of hydrogen-bond acceptors (Lipinski definition) is 5. The summed E-state index contributed by atoms with van der Waals surface area (Å²) in [6, 6.07) is 23.6. The smallest absolute Gasteiger partial charge is 0.265 e. The molecule has 8 heteroatoms. The van der Waals surface area contributed by atoms with Crippen molar-refractivity contribution in [2.75, 3.05) is 26.0 Å². The highest BCUT2D eigenvalue weighted by Gasteiger charge is 2.11. The fraction of sp³-hybridized carbons (Fsp3) is 0.160. The number of ether oxygens (including phenoxy) is 1. The van der Waals surface area contributed by atoms with Crippen molar-refractivity contribution in [3.8, 4) is 5.75 Å². The highest BCUT2D eigenvalue weighted by Crippen LogP contribution is 2.19. The zero-order chi connectivity index (χ0) is 23.6. The van der Waals surface area contributed by atoms with Crippen molar-refractivity contribution < 1.29 is 19.2 Å². The molecular formula is C25H26N4O4. The summed E-state index contributed by atoms with van der Waals surface area (Å²) in [5.41, 5.74) is 8.58. The van der Waals surface area contributed by atoms with Crippen LogP contribution in [-0.2, 0) is 16.2 Å². The number of para-hydroxylation sites is 1. The standard InChI is InChI=1S/C25H26N4O4/c1-29(2)25(31)19-11-8-12-20(15-19)27-23(30)17-33-28-24(26)21-13-6-7-14-22(21)32-16-18-9-4-3-5-10-18/h3-15H,16-17H2,1-2H3,(H2,26,28)(H,27,30). The second kappa shape index (κ2) is 11.3. The monoisotopic (exact) mass is 446 g/mol. The molecule has 2 amide bonds. The second-order valence-electron chi connectivity index (χ2n) is 7.35. The Morgan fingerprint density at radius 3 is 2.45 bits per heavy atom. The molecule has 0 heterocycles. The molecule has 0 aliphatic heterocycles. The fourth-order valence-electron chi connectivity index (χ4n) is 2.93. The van der Waals surface area contributed by atoms with Crippen molar-refractivity contribution in [1.82, 2.24) is 4.90 Å². The van der Waals surface area contributed by atoms with Gasteiger partial charge >= 0.3 is 0 Å². The molecule has 0 radical (unpaired) electrons. The van der Waals surface area contributed by atoms with Crippen LogP contribution in [0.4, 0.5) is 5.69 Å². The van der Waals surface area contributed by atoms with E-state index in [-0.39, 0.29) is 18.3 Å². The number of nitrogens with two attached hydrogens (primary N) is 1. The topological polar surface area (TPSA) is 106 Å². The van der Waals surface area contributed by atoms with Crippen LogP contribution in [0.5, 0.6) is 5.75 Å². The van der Waals surface area contributed by atoms with Gasteiger partial charge in [0.25, 0.3) is 11.8 Å². The van der Waals surface area contributed by atoms with Crippen molar-refractivity contribution in [3.63, 3.8) is 0 Å². The van der Waals surface area contributed by atoms with Gasteiger partial charge in [-0.2, -0.15) is 0 Å². The van der Waals surface area contributed by atoms with Crippen LogP contribution in [0.2, 0.25) is 0 Å². The van der Waals surface area contributed by atoms with Crippen molar-refractivity contribution in [1.29, 1.82) is 0 Å². The van der Waals surface area contributed by atoms with Gasteiger partial charge < -0.3 is 25.5 Å². The minimum atomic E-state index is -0.436. The number of nitrogens with zero attached hydrogens (tertiary/aromatic N) is 2. The summed E-state index contributed by atoms with van der Waals surface area (Å²) in [6.07, 6.45) is 0. The van der Waals surface area contributed by atoms with E-state index in [2.05, 4.69) is 10.5 Å². The number of anilines is 1. The van der Waals surface area contributed by atoms with Crippen molar-refractivity contribution in [2.24, 2.45) is 10.9 Å². The Hall–Kier alpha value is -4.33. The molecule has 0 saturated carbocycles. The Morgan fingerprint density at radius 1 is 0.970 bits per heavy atom. The Bertz CT molecular complexity index is 1130. The molecule has 3 aromatic rings.